The summed E-state index contributed by atoms with van der Waals surface area (Å²) in [7, 11) is 1.88. The van der Waals surface area contributed by atoms with Gasteiger partial charge in [0, 0.05) is 43.0 Å². The Morgan fingerprint density at radius 2 is 1.79 bits per heavy atom. The van der Waals surface area contributed by atoms with Gasteiger partial charge in [-0.3, -0.25) is 4.98 Å². The zero-order valence-electron chi connectivity index (χ0n) is 19.0. The standard InChI is InChI=1S/C28H28N4O/c1-21-8-9-24(19-27(21)28(29-3)31-22(2)25-7-6-14-30-20-25)23-10-12-26(13-11-23)33-18-17-32-15-4-5-16-32/h4-16,19-20H,2,17-18H2,1,3H3,(H,29,31). The number of pyridine rings is 1. The number of ether oxygens (including phenoxy) is 1. The third kappa shape index (κ3) is 5.57. The van der Waals surface area contributed by atoms with E-state index in [1.54, 1.807) is 12.4 Å². The zero-order chi connectivity index (χ0) is 23.0. The molecule has 166 valence electrons. The number of benzene rings is 2. The molecule has 0 spiro atoms. The molecule has 2 aromatic heterocycles. The highest BCUT2D eigenvalue weighted by Crippen LogP contribution is 2.25. The third-order valence-electron chi connectivity index (χ3n) is 5.44. The minimum absolute atomic E-state index is 0.630. The predicted molar refractivity (Wildman–Crippen MR) is 135 cm³/mol. The first-order chi connectivity index (χ1) is 16.1. The van der Waals surface area contributed by atoms with E-state index in [2.05, 4.69) is 58.7 Å². The van der Waals surface area contributed by atoms with Crippen LogP contribution in [0.5, 0.6) is 5.75 Å². The van der Waals surface area contributed by atoms with Crippen molar-refractivity contribution in [2.24, 2.45) is 4.99 Å². The Morgan fingerprint density at radius 1 is 1.03 bits per heavy atom. The number of amidine groups is 1. The van der Waals surface area contributed by atoms with Crippen LogP contribution >= 0.6 is 0 Å². The topological polar surface area (TPSA) is 51.4 Å². The maximum Gasteiger partial charge on any atom is 0.133 e. The number of aryl methyl sites for hydroxylation is 1. The van der Waals surface area contributed by atoms with E-state index in [9.17, 15) is 0 Å². The lowest BCUT2D eigenvalue weighted by atomic mass is 9.99. The van der Waals surface area contributed by atoms with Crippen molar-refractivity contribution >= 4 is 11.5 Å². The number of nitrogens with one attached hydrogen (secondary N) is 1. The Morgan fingerprint density at radius 3 is 2.48 bits per heavy atom. The molecular weight excluding hydrogens is 408 g/mol. The van der Waals surface area contributed by atoms with Gasteiger partial charge in [0.05, 0.1) is 12.2 Å². The molecule has 0 atom stereocenters. The summed E-state index contributed by atoms with van der Waals surface area (Å²) in [5, 5.41) is 3.23. The minimum atomic E-state index is 0.630. The molecule has 0 saturated carbocycles. The van der Waals surface area contributed by atoms with E-state index in [1.807, 2.05) is 55.8 Å². The van der Waals surface area contributed by atoms with Crippen LogP contribution in [0.4, 0.5) is 0 Å². The van der Waals surface area contributed by atoms with E-state index in [4.69, 9.17) is 9.73 Å². The largest absolute Gasteiger partial charge is 0.492 e. The van der Waals surface area contributed by atoms with Crippen LogP contribution in [-0.4, -0.2) is 29.0 Å². The maximum absolute atomic E-state index is 5.89. The van der Waals surface area contributed by atoms with E-state index in [0.29, 0.717) is 12.3 Å². The van der Waals surface area contributed by atoms with E-state index in [0.717, 1.165) is 45.9 Å². The molecule has 5 heteroatoms. The zero-order valence-corrected chi connectivity index (χ0v) is 19.0. The second-order valence-electron chi connectivity index (χ2n) is 7.72. The average molecular weight is 437 g/mol. The first kappa shape index (κ1) is 22.1. The van der Waals surface area contributed by atoms with Crippen LogP contribution in [0.15, 0.2) is 103 Å². The van der Waals surface area contributed by atoms with Crippen LogP contribution in [0.25, 0.3) is 16.8 Å². The van der Waals surface area contributed by atoms with E-state index < -0.39 is 0 Å². The molecule has 0 unspecified atom stereocenters. The summed E-state index contributed by atoms with van der Waals surface area (Å²) in [4.78, 5) is 8.91. The number of hydrogen-bond acceptors (Lipinski definition) is 3. The highest BCUT2D eigenvalue weighted by Gasteiger charge is 2.10. The van der Waals surface area contributed by atoms with Crippen molar-refractivity contribution < 1.29 is 4.74 Å². The Balaban J connectivity index is 1.51. The molecular formula is C28H28N4O. The number of nitrogens with zero attached hydrogens (tertiary/aromatic N) is 3. The van der Waals surface area contributed by atoms with Gasteiger partial charge in [-0.25, -0.2) is 4.99 Å². The summed E-state index contributed by atoms with van der Waals surface area (Å²) in [5.41, 5.74) is 5.97. The van der Waals surface area contributed by atoms with Crippen molar-refractivity contribution in [3.8, 4) is 16.9 Å². The van der Waals surface area contributed by atoms with Gasteiger partial charge >= 0.3 is 0 Å². The first-order valence-corrected chi connectivity index (χ1v) is 10.9. The molecule has 0 radical (unpaired) electrons. The summed E-state index contributed by atoms with van der Waals surface area (Å²) in [5.74, 6) is 1.64. The number of rotatable bonds is 8. The predicted octanol–water partition coefficient (Wildman–Crippen LogP) is 5.57. The second-order valence-corrected chi connectivity index (χ2v) is 7.72. The van der Waals surface area contributed by atoms with Crippen LogP contribution in [0, 0.1) is 6.92 Å². The fourth-order valence-corrected chi connectivity index (χ4v) is 3.57. The number of aliphatic imine (C=N–C) groups is 1. The van der Waals surface area contributed by atoms with E-state index in [1.165, 1.54) is 0 Å². The molecule has 1 N–H and O–H groups in total. The van der Waals surface area contributed by atoms with Gasteiger partial charge in [0.1, 0.15) is 18.2 Å². The molecule has 0 fully saturated rings. The van der Waals surface area contributed by atoms with Crippen LogP contribution < -0.4 is 10.1 Å². The summed E-state index contributed by atoms with van der Waals surface area (Å²) in [6, 6.07) is 22.5. The summed E-state index contributed by atoms with van der Waals surface area (Å²) in [6.45, 7) is 7.66. The molecule has 0 saturated heterocycles. The molecule has 2 aromatic carbocycles. The van der Waals surface area contributed by atoms with Crippen LogP contribution in [0.2, 0.25) is 0 Å². The van der Waals surface area contributed by atoms with Gasteiger partial charge < -0.3 is 14.6 Å². The molecule has 0 amide bonds. The highest BCUT2D eigenvalue weighted by molar-refractivity contribution is 6.03. The van der Waals surface area contributed by atoms with Gasteiger partial charge in [0.2, 0.25) is 0 Å². The Labute approximate surface area is 195 Å². The van der Waals surface area contributed by atoms with Gasteiger partial charge in [-0.15, -0.1) is 0 Å². The third-order valence-corrected chi connectivity index (χ3v) is 5.44. The molecule has 5 nitrogen and oxygen atoms in total. The monoisotopic (exact) mass is 436 g/mol. The molecule has 0 aliphatic carbocycles. The van der Waals surface area contributed by atoms with Gasteiger partial charge in [0.15, 0.2) is 0 Å². The number of aromatic nitrogens is 2. The van der Waals surface area contributed by atoms with Gasteiger partial charge in [-0.2, -0.15) is 0 Å². The van der Waals surface area contributed by atoms with Crippen molar-refractivity contribution in [1.29, 1.82) is 0 Å². The summed E-state index contributed by atoms with van der Waals surface area (Å²) < 4.78 is 7.99. The highest BCUT2D eigenvalue weighted by atomic mass is 16.5. The molecule has 0 aliphatic rings. The van der Waals surface area contributed by atoms with Crippen molar-refractivity contribution in [2.75, 3.05) is 13.7 Å². The SMILES string of the molecule is C=C(/N=C(/NC)c1cc(-c2ccc(OCCn3cccc3)cc2)ccc1C)c1cccnc1. The lowest BCUT2D eigenvalue weighted by molar-refractivity contribution is 0.298. The van der Waals surface area contributed by atoms with Crippen LogP contribution in [0.1, 0.15) is 16.7 Å². The Bertz CT molecular complexity index is 1230. The fourth-order valence-electron chi connectivity index (χ4n) is 3.57. The Kier molecular flexibility index (Phi) is 7.00. The minimum Gasteiger partial charge on any atom is -0.492 e. The number of hydrogen-bond donors (Lipinski definition) is 1. The van der Waals surface area contributed by atoms with Gasteiger partial charge in [0.25, 0.3) is 0 Å². The van der Waals surface area contributed by atoms with Crippen molar-refractivity contribution in [1.82, 2.24) is 14.9 Å². The molecule has 2 heterocycles. The van der Waals surface area contributed by atoms with E-state index >= 15 is 0 Å². The van der Waals surface area contributed by atoms with E-state index in [-0.39, 0.29) is 0 Å². The smallest absolute Gasteiger partial charge is 0.133 e. The first-order valence-electron chi connectivity index (χ1n) is 10.9. The second kappa shape index (κ2) is 10.5. The molecule has 0 bridgehead atoms. The lowest BCUT2D eigenvalue weighted by Crippen LogP contribution is -2.20. The Hall–Kier alpha value is -4.12. The molecule has 4 rings (SSSR count). The molecule has 33 heavy (non-hydrogen) atoms. The quantitative estimate of drug-likeness (QED) is 0.290. The maximum atomic E-state index is 5.89. The fraction of sp³-hybridized carbons (Fsp3) is 0.143. The summed E-state index contributed by atoms with van der Waals surface area (Å²) in [6.07, 6.45) is 7.59. The lowest BCUT2D eigenvalue weighted by Gasteiger charge is -2.13. The van der Waals surface area contributed by atoms with Crippen molar-refractivity contribution in [3.05, 3.63) is 115 Å². The van der Waals surface area contributed by atoms with Crippen LogP contribution in [0.3, 0.4) is 0 Å². The van der Waals surface area contributed by atoms with Crippen LogP contribution in [-0.2, 0) is 6.54 Å². The van der Waals surface area contributed by atoms with Crippen molar-refractivity contribution in [2.45, 2.75) is 13.5 Å². The molecule has 0 aliphatic heterocycles. The normalized spacial score (nSPS) is 11.3. The van der Waals surface area contributed by atoms with Crippen molar-refractivity contribution in [3.63, 3.8) is 0 Å². The summed E-state index contributed by atoms with van der Waals surface area (Å²) >= 11 is 0. The average Bonchev–Trinajstić information content (AvgIpc) is 3.37. The van der Waals surface area contributed by atoms with Gasteiger partial charge in [-0.1, -0.05) is 30.8 Å². The van der Waals surface area contributed by atoms with Gasteiger partial charge in [-0.05, 0) is 66.1 Å². The molecule has 4 aromatic rings.